The minimum absolute atomic E-state index is 0.324. The Morgan fingerprint density at radius 1 is 1.19 bits per heavy atom. The van der Waals surface area contributed by atoms with Crippen LogP contribution in [0.2, 0.25) is 0 Å². The lowest BCUT2D eigenvalue weighted by molar-refractivity contribution is -0.130. The van der Waals surface area contributed by atoms with Crippen LogP contribution in [0.15, 0.2) is 33.7 Å². The SMILES string of the molecule is O=C1N=C(N2CCNCC2)NC(=O)C1c1ccccc1Br. The van der Waals surface area contributed by atoms with Gasteiger partial charge >= 0.3 is 0 Å². The molecule has 1 atom stereocenters. The van der Waals surface area contributed by atoms with E-state index in [2.05, 4.69) is 31.6 Å². The summed E-state index contributed by atoms with van der Waals surface area (Å²) in [5, 5.41) is 5.98. The summed E-state index contributed by atoms with van der Waals surface area (Å²) in [5.41, 5.74) is 0.642. The summed E-state index contributed by atoms with van der Waals surface area (Å²) in [4.78, 5) is 30.6. The van der Waals surface area contributed by atoms with Gasteiger partial charge in [0.25, 0.3) is 5.91 Å². The molecule has 1 aromatic rings. The molecule has 2 aliphatic rings. The maximum atomic E-state index is 12.3. The third-order valence-corrected chi connectivity index (χ3v) is 4.32. The number of halogens is 1. The first-order valence-corrected chi connectivity index (χ1v) is 7.59. The standard InChI is InChI=1S/C14H15BrN4O2/c15-10-4-2-1-3-9(10)11-12(20)17-14(18-13(11)21)19-7-5-16-6-8-19/h1-4,11,16H,5-8H2,(H,17,18,20,21). The molecule has 7 heteroatoms. The van der Waals surface area contributed by atoms with Gasteiger partial charge in [-0.05, 0) is 11.6 Å². The second-order valence-electron chi connectivity index (χ2n) is 4.95. The highest BCUT2D eigenvalue weighted by Gasteiger charge is 2.36. The van der Waals surface area contributed by atoms with E-state index >= 15 is 0 Å². The molecule has 1 fully saturated rings. The van der Waals surface area contributed by atoms with Crippen LogP contribution in [0.25, 0.3) is 0 Å². The summed E-state index contributed by atoms with van der Waals surface area (Å²) >= 11 is 3.38. The second-order valence-corrected chi connectivity index (χ2v) is 5.81. The Morgan fingerprint density at radius 2 is 1.90 bits per heavy atom. The summed E-state index contributed by atoms with van der Waals surface area (Å²) in [6.07, 6.45) is 0. The summed E-state index contributed by atoms with van der Waals surface area (Å²) in [6, 6.07) is 7.22. The quantitative estimate of drug-likeness (QED) is 0.721. The molecule has 6 nitrogen and oxygen atoms in total. The van der Waals surface area contributed by atoms with Crippen molar-refractivity contribution in [3.63, 3.8) is 0 Å². The van der Waals surface area contributed by atoms with Crippen molar-refractivity contribution in [2.75, 3.05) is 26.2 Å². The lowest BCUT2D eigenvalue weighted by Gasteiger charge is -2.32. The molecule has 1 unspecified atom stereocenters. The molecule has 21 heavy (non-hydrogen) atoms. The lowest BCUT2D eigenvalue weighted by atomic mass is 9.96. The minimum Gasteiger partial charge on any atom is -0.340 e. The molecule has 110 valence electrons. The fourth-order valence-corrected chi connectivity index (χ4v) is 3.01. The average molecular weight is 351 g/mol. The molecular weight excluding hydrogens is 336 g/mol. The second kappa shape index (κ2) is 5.95. The van der Waals surface area contributed by atoms with Crippen LogP contribution in [0.3, 0.4) is 0 Å². The summed E-state index contributed by atoms with van der Waals surface area (Å²) in [7, 11) is 0. The van der Waals surface area contributed by atoms with E-state index in [-0.39, 0.29) is 5.91 Å². The van der Waals surface area contributed by atoms with Gasteiger partial charge in [-0.1, -0.05) is 34.1 Å². The van der Waals surface area contributed by atoms with E-state index in [1.807, 2.05) is 17.0 Å². The van der Waals surface area contributed by atoms with Crippen molar-refractivity contribution in [2.24, 2.45) is 4.99 Å². The molecule has 2 aliphatic heterocycles. The predicted octanol–water partition coefficient (Wildman–Crippen LogP) is 0.450. The van der Waals surface area contributed by atoms with Gasteiger partial charge in [0, 0.05) is 30.7 Å². The number of benzene rings is 1. The van der Waals surface area contributed by atoms with Crippen molar-refractivity contribution in [2.45, 2.75) is 5.92 Å². The van der Waals surface area contributed by atoms with Gasteiger partial charge in [0.2, 0.25) is 11.9 Å². The fourth-order valence-electron chi connectivity index (χ4n) is 2.50. The van der Waals surface area contributed by atoms with Crippen molar-refractivity contribution in [3.8, 4) is 0 Å². The van der Waals surface area contributed by atoms with Gasteiger partial charge in [-0.2, -0.15) is 4.99 Å². The zero-order valence-electron chi connectivity index (χ0n) is 11.3. The first-order chi connectivity index (χ1) is 10.2. The topological polar surface area (TPSA) is 73.8 Å². The molecule has 0 radical (unpaired) electrons. The number of amides is 2. The van der Waals surface area contributed by atoms with Gasteiger partial charge < -0.3 is 10.2 Å². The van der Waals surface area contributed by atoms with Gasteiger partial charge in [0.15, 0.2) is 0 Å². The smallest absolute Gasteiger partial charge is 0.266 e. The zero-order valence-corrected chi connectivity index (χ0v) is 12.9. The predicted molar refractivity (Wildman–Crippen MR) is 81.9 cm³/mol. The fraction of sp³-hybridized carbons (Fsp3) is 0.357. The summed E-state index contributed by atoms with van der Waals surface area (Å²) in [5.74, 6) is -1.25. The zero-order chi connectivity index (χ0) is 14.8. The van der Waals surface area contributed by atoms with Crippen molar-refractivity contribution in [3.05, 3.63) is 34.3 Å². The number of guanidine groups is 1. The van der Waals surface area contributed by atoms with Crippen LogP contribution in [-0.2, 0) is 9.59 Å². The number of carbonyl (C=O) groups is 2. The van der Waals surface area contributed by atoms with Gasteiger partial charge in [-0.3, -0.25) is 14.9 Å². The normalized spacial score (nSPS) is 22.8. The Labute approximate surface area is 130 Å². The molecule has 3 rings (SSSR count). The third-order valence-electron chi connectivity index (χ3n) is 3.59. The number of aliphatic imine (C=N–C) groups is 1. The van der Waals surface area contributed by atoms with E-state index in [9.17, 15) is 9.59 Å². The Kier molecular flexibility index (Phi) is 4.03. The molecule has 1 aromatic carbocycles. The summed E-state index contributed by atoms with van der Waals surface area (Å²) < 4.78 is 0.735. The minimum atomic E-state index is -0.882. The Balaban J connectivity index is 1.87. The molecule has 0 aromatic heterocycles. The first-order valence-electron chi connectivity index (χ1n) is 6.80. The number of piperazine rings is 1. The summed E-state index contributed by atoms with van der Waals surface area (Å²) in [6.45, 7) is 3.09. The van der Waals surface area contributed by atoms with Crippen molar-refractivity contribution >= 4 is 33.7 Å². The number of carbonyl (C=O) groups excluding carboxylic acids is 2. The molecule has 2 amide bonds. The van der Waals surface area contributed by atoms with Gasteiger partial charge in [0.1, 0.15) is 5.92 Å². The first kappa shape index (κ1) is 14.2. The number of hydrogen-bond acceptors (Lipinski definition) is 4. The van der Waals surface area contributed by atoms with Crippen molar-refractivity contribution in [1.29, 1.82) is 0 Å². The number of nitrogens with zero attached hydrogens (tertiary/aromatic N) is 2. The van der Waals surface area contributed by atoms with Gasteiger partial charge in [-0.15, -0.1) is 0 Å². The van der Waals surface area contributed by atoms with E-state index < -0.39 is 11.8 Å². The molecule has 0 bridgehead atoms. The Morgan fingerprint density at radius 3 is 2.57 bits per heavy atom. The van der Waals surface area contributed by atoms with E-state index in [1.54, 1.807) is 12.1 Å². The van der Waals surface area contributed by atoms with Crippen molar-refractivity contribution in [1.82, 2.24) is 15.5 Å². The Hall–Kier alpha value is -1.73. The number of rotatable bonds is 1. The molecule has 0 spiro atoms. The molecule has 2 heterocycles. The maximum absolute atomic E-state index is 12.3. The molecule has 0 aliphatic carbocycles. The third kappa shape index (κ3) is 2.84. The largest absolute Gasteiger partial charge is 0.340 e. The van der Waals surface area contributed by atoms with Crippen LogP contribution in [-0.4, -0.2) is 48.9 Å². The highest BCUT2D eigenvalue weighted by atomic mass is 79.9. The highest BCUT2D eigenvalue weighted by molar-refractivity contribution is 9.10. The van der Waals surface area contributed by atoms with Crippen molar-refractivity contribution < 1.29 is 9.59 Å². The maximum Gasteiger partial charge on any atom is 0.266 e. The van der Waals surface area contributed by atoms with Crippen LogP contribution in [0.4, 0.5) is 0 Å². The van der Waals surface area contributed by atoms with E-state index in [0.717, 1.165) is 30.7 Å². The molecule has 1 saturated heterocycles. The average Bonchev–Trinajstić information content (AvgIpc) is 2.49. The van der Waals surface area contributed by atoms with E-state index in [0.29, 0.717) is 11.5 Å². The lowest BCUT2D eigenvalue weighted by Crippen LogP contribution is -2.55. The number of hydrogen-bond donors (Lipinski definition) is 2. The van der Waals surface area contributed by atoms with Crippen LogP contribution in [0, 0.1) is 0 Å². The van der Waals surface area contributed by atoms with Gasteiger partial charge in [-0.25, -0.2) is 0 Å². The Bertz CT molecular complexity index is 611. The van der Waals surface area contributed by atoms with Crippen LogP contribution < -0.4 is 10.6 Å². The van der Waals surface area contributed by atoms with Crippen LogP contribution in [0.1, 0.15) is 11.5 Å². The number of nitrogens with one attached hydrogen (secondary N) is 2. The van der Waals surface area contributed by atoms with Crippen LogP contribution >= 0.6 is 15.9 Å². The monoisotopic (exact) mass is 350 g/mol. The van der Waals surface area contributed by atoms with Gasteiger partial charge in [0.05, 0.1) is 0 Å². The highest BCUT2D eigenvalue weighted by Crippen LogP contribution is 2.27. The van der Waals surface area contributed by atoms with Crippen LogP contribution in [0.5, 0.6) is 0 Å². The van der Waals surface area contributed by atoms with E-state index in [4.69, 9.17) is 0 Å². The molecule has 2 N–H and O–H groups in total. The van der Waals surface area contributed by atoms with E-state index in [1.165, 1.54) is 0 Å². The molecular formula is C14H15BrN4O2. The molecule has 0 saturated carbocycles.